The van der Waals surface area contributed by atoms with Crippen molar-refractivity contribution in [2.75, 3.05) is 6.61 Å². The first-order valence-corrected chi connectivity index (χ1v) is 3.48. The van der Waals surface area contributed by atoms with Gasteiger partial charge in [0.15, 0.2) is 0 Å². The highest BCUT2D eigenvalue weighted by Crippen LogP contribution is 2.11. The predicted molar refractivity (Wildman–Crippen MR) is 40.1 cm³/mol. The molecule has 2 unspecified atom stereocenters. The van der Waals surface area contributed by atoms with Crippen LogP contribution in [0.25, 0.3) is 0 Å². The van der Waals surface area contributed by atoms with Crippen LogP contribution in [0.3, 0.4) is 0 Å². The van der Waals surface area contributed by atoms with Crippen molar-refractivity contribution in [3.05, 3.63) is 24.3 Å². The van der Waals surface area contributed by atoms with Crippen LogP contribution in [0.5, 0.6) is 0 Å². The van der Waals surface area contributed by atoms with Crippen LogP contribution >= 0.6 is 0 Å². The van der Waals surface area contributed by atoms with Gasteiger partial charge in [0.25, 0.3) is 0 Å². The van der Waals surface area contributed by atoms with Crippen molar-refractivity contribution in [1.82, 2.24) is 9.97 Å². The van der Waals surface area contributed by atoms with Crippen molar-refractivity contribution < 1.29 is 15.3 Å². The Kier molecular flexibility index (Phi) is 3.09. The van der Waals surface area contributed by atoms with Crippen LogP contribution in [0.15, 0.2) is 18.6 Å². The van der Waals surface area contributed by atoms with Crippen LogP contribution in [-0.2, 0) is 0 Å². The van der Waals surface area contributed by atoms with Gasteiger partial charge in [0.1, 0.15) is 12.2 Å². The maximum atomic E-state index is 9.28. The van der Waals surface area contributed by atoms with Gasteiger partial charge in [-0.1, -0.05) is 0 Å². The summed E-state index contributed by atoms with van der Waals surface area (Å²) in [6, 6.07) is 0. The molecule has 1 aromatic heterocycles. The maximum Gasteiger partial charge on any atom is 0.126 e. The van der Waals surface area contributed by atoms with E-state index in [1.807, 2.05) is 0 Å². The fraction of sp³-hybridized carbons (Fsp3) is 0.429. The Balaban J connectivity index is 2.71. The van der Waals surface area contributed by atoms with E-state index in [-0.39, 0.29) is 5.69 Å². The smallest absolute Gasteiger partial charge is 0.126 e. The Morgan fingerprint density at radius 1 is 1.33 bits per heavy atom. The average molecular weight is 170 g/mol. The van der Waals surface area contributed by atoms with E-state index < -0.39 is 18.8 Å². The van der Waals surface area contributed by atoms with Crippen molar-refractivity contribution in [3.8, 4) is 0 Å². The summed E-state index contributed by atoms with van der Waals surface area (Å²) in [6.45, 7) is -0.502. The second-order valence-electron chi connectivity index (χ2n) is 2.33. The third-order valence-corrected chi connectivity index (χ3v) is 1.44. The van der Waals surface area contributed by atoms with Crippen molar-refractivity contribution in [3.63, 3.8) is 0 Å². The molecule has 1 rings (SSSR count). The summed E-state index contributed by atoms with van der Waals surface area (Å²) < 4.78 is 0. The molecule has 0 aliphatic carbocycles. The van der Waals surface area contributed by atoms with Gasteiger partial charge in [-0.25, -0.2) is 0 Å². The number of rotatable bonds is 3. The fourth-order valence-electron chi connectivity index (χ4n) is 0.760. The van der Waals surface area contributed by atoms with Gasteiger partial charge in [-0.3, -0.25) is 9.97 Å². The lowest BCUT2D eigenvalue weighted by Gasteiger charge is -2.13. The van der Waals surface area contributed by atoms with E-state index in [2.05, 4.69) is 9.97 Å². The highest BCUT2D eigenvalue weighted by Gasteiger charge is 2.18. The fourth-order valence-corrected chi connectivity index (χ4v) is 0.760. The second-order valence-corrected chi connectivity index (χ2v) is 2.33. The molecule has 5 heteroatoms. The molecule has 0 spiro atoms. The van der Waals surface area contributed by atoms with Gasteiger partial charge in [-0.05, 0) is 0 Å². The molecule has 0 saturated heterocycles. The summed E-state index contributed by atoms with van der Waals surface area (Å²) in [5.74, 6) is 0. The molecule has 1 heterocycles. The lowest BCUT2D eigenvalue weighted by molar-refractivity contribution is -0.0174. The van der Waals surface area contributed by atoms with Crippen LogP contribution in [0, 0.1) is 0 Å². The molecule has 1 aromatic rings. The van der Waals surface area contributed by atoms with E-state index in [0.29, 0.717) is 0 Å². The predicted octanol–water partition coefficient (Wildman–Crippen LogP) is -1.14. The lowest BCUT2D eigenvalue weighted by Crippen LogP contribution is -2.22. The molecule has 0 saturated carbocycles. The zero-order valence-electron chi connectivity index (χ0n) is 6.33. The molecule has 0 fully saturated rings. The molecule has 2 atom stereocenters. The van der Waals surface area contributed by atoms with Crippen LogP contribution in [0.4, 0.5) is 0 Å². The first-order valence-electron chi connectivity index (χ1n) is 3.48. The summed E-state index contributed by atoms with van der Waals surface area (Å²) in [6.07, 6.45) is 1.82. The van der Waals surface area contributed by atoms with Crippen molar-refractivity contribution in [2.24, 2.45) is 0 Å². The normalized spacial score (nSPS) is 15.6. The highest BCUT2D eigenvalue weighted by atomic mass is 16.4. The summed E-state index contributed by atoms with van der Waals surface area (Å²) in [5, 5.41) is 26.8. The monoisotopic (exact) mass is 170 g/mol. The van der Waals surface area contributed by atoms with E-state index in [0.717, 1.165) is 0 Å². The maximum absolute atomic E-state index is 9.28. The molecule has 0 radical (unpaired) electrons. The van der Waals surface area contributed by atoms with Crippen molar-refractivity contribution >= 4 is 0 Å². The highest BCUT2D eigenvalue weighted by molar-refractivity contribution is 5.00. The Labute approximate surface area is 69.3 Å². The minimum Gasteiger partial charge on any atom is -0.394 e. The number of nitrogens with zero attached hydrogens (tertiary/aromatic N) is 2. The molecular weight excluding hydrogens is 160 g/mol. The molecule has 0 amide bonds. The zero-order chi connectivity index (χ0) is 8.97. The van der Waals surface area contributed by atoms with E-state index >= 15 is 0 Å². The van der Waals surface area contributed by atoms with Crippen LogP contribution < -0.4 is 0 Å². The van der Waals surface area contributed by atoms with Gasteiger partial charge in [-0.15, -0.1) is 0 Å². The lowest BCUT2D eigenvalue weighted by atomic mass is 10.1. The van der Waals surface area contributed by atoms with E-state index in [1.54, 1.807) is 0 Å². The first kappa shape index (κ1) is 9.05. The molecule has 3 N–H and O–H groups in total. The molecule has 0 bridgehead atoms. The van der Waals surface area contributed by atoms with E-state index in [1.165, 1.54) is 18.6 Å². The largest absolute Gasteiger partial charge is 0.394 e. The molecule has 66 valence electrons. The van der Waals surface area contributed by atoms with Crippen molar-refractivity contribution in [2.45, 2.75) is 12.2 Å². The third kappa shape index (κ3) is 1.97. The molecule has 12 heavy (non-hydrogen) atoms. The van der Waals surface area contributed by atoms with E-state index in [4.69, 9.17) is 10.2 Å². The summed E-state index contributed by atoms with van der Waals surface area (Å²) in [5.41, 5.74) is 0.249. The number of hydrogen-bond donors (Lipinski definition) is 3. The summed E-state index contributed by atoms with van der Waals surface area (Å²) in [7, 11) is 0. The Morgan fingerprint density at radius 3 is 2.58 bits per heavy atom. The topological polar surface area (TPSA) is 86.5 Å². The van der Waals surface area contributed by atoms with Gasteiger partial charge in [-0.2, -0.15) is 0 Å². The second kappa shape index (κ2) is 4.10. The molecular formula is C7H10N2O3. The Bertz CT molecular complexity index is 229. The molecule has 0 aromatic carbocycles. The minimum atomic E-state index is -1.21. The summed E-state index contributed by atoms with van der Waals surface area (Å²) >= 11 is 0. The average Bonchev–Trinajstić information content (AvgIpc) is 2.17. The van der Waals surface area contributed by atoms with Gasteiger partial charge in [0.2, 0.25) is 0 Å². The van der Waals surface area contributed by atoms with Crippen LogP contribution in [-0.4, -0.2) is 38.0 Å². The van der Waals surface area contributed by atoms with Crippen molar-refractivity contribution in [1.29, 1.82) is 0 Å². The third-order valence-electron chi connectivity index (χ3n) is 1.44. The van der Waals surface area contributed by atoms with E-state index in [9.17, 15) is 5.11 Å². The Morgan fingerprint density at radius 2 is 2.08 bits per heavy atom. The quantitative estimate of drug-likeness (QED) is 0.534. The number of aliphatic hydroxyl groups is 3. The van der Waals surface area contributed by atoms with Crippen LogP contribution in [0.2, 0.25) is 0 Å². The van der Waals surface area contributed by atoms with Crippen LogP contribution in [0.1, 0.15) is 11.8 Å². The standard InChI is InChI=1S/C7H10N2O3/c10-4-6(11)7(12)5-3-8-1-2-9-5/h1-3,6-7,10-12H,4H2. The molecule has 0 aliphatic rings. The summed E-state index contributed by atoms with van der Waals surface area (Å²) in [4.78, 5) is 7.47. The van der Waals surface area contributed by atoms with Gasteiger partial charge >= 0.3 is 0 Å². The molecule has 5 nitrogen and oxygen atoms in total. The zero-order valence-corrected chi connectivity index (χ0v) is 6.33. The Hall–Kier alpha value is -1.04. The van der Waals surface area contributed by atoms with Gasteiger partial charge < -0.3 is 15.3 Å². The van der Waals surface area contributed by atoms with Gasteiger partial charge in [0, 0.05) is 12.4 Å². The molecule has 0 aliphatic heterocycles. The first-order chi connectivity index (χ1) is 5.75. The van der Waals surface area contributed by atoms with Gasteiger partial charge in [0.05, 0.1) is 18.5 Å². The minimum absolute atomic E-state index is 0.249. The SMILES string of the molecule is OCC(O)C(O)c1cnccn1. The number of aromatic nitrogens is 2. The number of aliphatic hydroxyl groups excluding tert-OH is 3. The number of hydrogen-bond acceptors (Lipinski definition) is 5.